The maximum absolute atomic E-state index is 14.2. The highest BCUT2D eigenvalue weighted by Gasteiger charge is 2.62. The highest BCUT2D eigenvalue weighted by atomic mass is 19.3. The second-order valence-electron chi connectivity index (χ2n) is 8.44. The number of hydrogen-bond donors (Lipinski definition) is 0. The van der Waals surface area contributed by atoms with Crippen molar-refractivity contribution in [1.82, 2.24) is 0 Å². The average Bonchev–Trinajstić information content (AvgIpc) is 2.56. The zero-order valence-electron chi connectivity index (χ0n) is 15.4. The number of allylic oxidation sites excluding steroid dienone is 2. The molecule has 0 unspecified atom stereocenters. The Morgan fingerprint density at radius 3 is 2.12 bits per heavy atom. The molecule has 0 spiro atoms. The predicted molar refractivity (Wildman–Crippen MR) is 93.9 cm³/mol. The number of hydrogen-bond acceptors (Lipinski definition) is 1. The van der Waals surface area contributed by atoms with Gasteiger partial charge >= 0.3 is 6.11 Å². The minimum atomic E-state index is -2.87. The first kappa shape index (κ1) is 18.4. The first-order chi connectivity index (χ1) is 11.5. The number of halogens is 2. The van der Waals surface area contributed by atoms with Gasteiger partial charge in [-0.25, -0.2) is 0 Å². The van der Waals surface area contributed by atoms with Crippen molar-refractivity contribution in [3.05, 3.63) is 12.2 Å². The smallest absolute Gasteiger partial charge is 0.316 e. The van der Waals surface area contributed by atoms with Crippen LogP contribution in [-0.4, -0.2) is 12.2 Å². The van der Waals surface area contributed by atoms with E-state index in [9.17, 15) is 8.78 Å². The molecule has 0 N–H and O–H groups in total. The molecule has 0 aromatic rings. The fraction of sp³-hybridized carbons (Fsp3) is 0.905. The Kier molecular flexibility index (Phi) is 6.00. The lowest BCUT2D eigenvalue weighted by molar-refractivity contribution is -0.418. The van der Waals surface area contributed by atoms with Crippen LogP contribution in [0.3, 0.4) is 0 Å². The second-order valence-corrected chi connectivity index (χ2v) is 8.44. The van der Waals surface area contributed by atoms with Crippen molar-refractivity contribution in [3.63, 3.8) is 0 Å². The van der Waals surface area contributed by atoms with Crippen molar-refractivity contribution >= 4 is 0 Å². The van der Waals surface area contributed by atoms with Crippen LogP contribution in [0, 0.1) is 29.6 Å². The van der Waals surface area contributed by atoms with Crippen LogP contribution >= 0.6 is 0 Å². The Morgan fingerprint density at radius 2 is 1.58 bits per heavy atom. The van der Waals surface area contributed by atoms with Gasteiger partial charge in [-0.1, -0.05) is 44.8 Å². The van der Waals surface area contributed by atoms with Crippen LogP contribution in [0.2, 0.25) is 0 Å². The Morgan fingerprint density at radius 1 is 0.958 bits per heavy atom. The van der Waals surface area contributed by atoms with E-state index < -0.39 is 12.0 Å². The number of rotatable bonds is 5. The molecule has 3 aliphatic rings. The summed E-state index contributed by atoms with van der Waals surface area (Å²) >= 11 is 0. The lowest BCUT2D eigenvalue weighted by Crippen LogP contribution is -2.61. The van der Waals surface area contributed by atoms with Crippen LogP contribution in [0.25, 0.3) is 0 Å². The molecule has 0 bridgehead atoms. The molecule has 3 rings (SSSR count). The van der Waals surface area contributed by atoms with Gasteiger partial charge in [0.25, 0.3) is 0 Å². The van der Waals surface area contributed by atoms with E-state index in [0.717, 1.165) is 44.4 Å². The molecule has 1 heterocycles. The quantitative estimate of drug-likeness (QED) is 0.513. The van der Waals surface area contributed by atoms with Crippen molar-refractivity contribution in [3.8, 4) is 0 Å². The van der Waals surface area contributed by atoms with Crippen LogP contribution in [0.15, 0.2) is 12.2 Å². The molecule has 0 amide bonds. The molecule has 24 heavy (non-hydrogen) atoms. The molecular formula is C21H34F2O. The van der Waals surface area contributed by atoms with Crippen LogP contribution in [0.5, 0.6) is 0 Å². The van der Waals surface area contributed by atoms with Gasteiger partial charge in [-0.15, -0.1) is 0 Å². The summed E-state index contributed by atoms with van der Waals surface area (Å²) in [6.07, 6.45) is 12.5. The van der Waals surface area contributed by atoms with Gasteiger partial charge in [0.1, 0.15) is 0 Å². The van der Waals surface area contributed by atoms with Crippen molar-refractivity contribution in [2.45, 2.75) is 90.3 Å². The summed E-state index contributed by atoms with van der Waals surface area (Å²) in [6.45, 7) is 4.28. The predicted octanol–water partition coefficient (Wildman–Crippen LogP) is 6.58. The molecule has 0 aromatic heterocycles. The Balaban J connectivity index is 1.56. The zero-order chi connectivity index (χ0) is 17.2. The van der Waals surface area contributed by atoms with E-state index in [2.05, 4.69) is 19.1 Å². The molecule has 1 nitrogen and oxygen atoms in total. The van der Waals surface area contributed by atoms with Gasteiger partial charge in [0, 0.05) is 0 Å². The average molecular weight is 340 g/mol. The van der Waals surface area contributed by atoms with Crippen LogP contribution in [0.4, 0.5) is 8.78 Å². The molecule has 3 fully saturated rings. The largest absolute Gasteiger partial charge is 0.361 e. The molecule has 1 aliphatic heterocycles. The molecule has 2 aliphatic carbocycles. The zero-order valence-corrected chi connectivity index (χ0v) is 15.4. The maximum atomic E-state index is 14.2. The summed E-state index contributed by atoms with van der Waals surface area (Å²) in [4.78, 5) is 0. The molecule has 0 aromatic carbocycles. The van der Waals surface area contributed by atoms with Crippen molar-refractivity contribution < 1.29 is 13.5 Å². The van der Waals surface area contributed by atoms with Crippen molar-refractivity contribution in [2.24, 2.45) is 29.6 Å². The van der Waals surface area contributed by atoms with E-state index in [0.29, 0.717) is 11.8 Å². The van der Waals surface area contributed by atoms with E-state index in [1.165, 1.54) is 25.7 Å². The summed E-state index contributed by atoms with van der Waals surface area (Å²) < 4.78 is 33.6. The molecule has 3 heteroatoms. The summed E-state index contributed by atoms with van der Waals surface area (Å²) in [6, 6.07) is 0. The van der Waals surface area contributed by atoms with Gasteiger partial charge in [-0.2, -0.15) is 8.78 Å². The fourth-order valence-corrected chi connectivity index (χ4v) is 5.57. The van der Waals surface area contributed by atoms with E-state index in [4.69, 9.17) is 4.74 Å². The molecule has 1 saturated heterocycles. The van der Waals surface area contributed by atoms with E-state index in [-0.39, 0.29) is 12.0 Å². The van der Waals surface area contributed by atoms with Crippen molar-refractivity contribution in [2.75, 3.05) is 0 Å². The van der Waals surface area contributed by atoms with Gasteiger partial charge in [-0.3, -0.25) is 0 Å². The number of ether oxygens (including phenoxy) is 1. The third-order valence-electron chi connectivity index (χ3n) is 6.88. The SMILES string of the molecule is C/C=C/[C@H]1CC[C@H]([C@H]2[C@H](C3CCC(CCC)CC3)OC2(F)F)CC1. The maximum Gasteiger partial charge on any atom is 0.361 e. The third-order valence-corrected chi connectivity index (χ3v) is 6.88. The monoisotopic (exact) mass is 340 g/mol. The molecule has 138 valence electrons. The highest BCUT2D eigenvalue weighted by Crippen LogP contribution is 2.55. The van der Waals surface area contributed by atoms with E-state index >= 15 is 0 Å². The number of alkyl halides is 2. The third kappa shape index (κ3) is 3.86. The minimum absolute atomic E-state index is 0.161. The lowest BCUT2D eigenvalue weighted by Gasteiger charge is -2.53. The molecule has 2 saturated carbocycles. The second kappa shape index (κ2) is 7.85. The van der Waals surface area contributed by atoms with E-state index in [1.807, 2.05) is 6.92 Å². The normalized spacial score (nSPS) is 42.8. The topological polar surface area (TPSA) is 9.23 Å². The molecule has 2 atom stereocenters. The van der Waals surface area contributed by atoms with Gasteiger partial charge in [0.2, 0.25) is 0 Å². The summed E-state index contributed by atoms with van der Waals surface area (Å²) in [5.74, 6) is 1.44. The van der Waals surface area contributed by atoms with Gasteiger partial charge < -0.3 is 4.74 Å². The molecular weight excluding hydrogens is 306 g/mol. The van der Waals surface area contributed by atoms with E-state index in [1.54, 1.807) is 0 Å². The Bertz CT molecular complexity index is 418. The first-order valence-electron chi connectivity index (χ1n) is 10.2. The molecule has 0 radical (unpaired) electrons. The Hall–Kier alpha value is -0.440. The van der Waals surface area contributed by atoms with Crippen molar-refractivity contribution in [1.29, 1.82) is 0 Å². The highest BCUT2D eigenvalue weighted by molar-refractivity contribution is 4.99. The summed E-state index contributed by atoms with van der Waals surface area (Å²) in [5, 5.41) is 0. The van der Waals surface area contributed by atoms with Crippen LogP contribution in [0.1, 0.15) is 78.1 Å². The van der Waals surface area contributed by atoms with Crippen LogP contribution in [-0.2, 0) is 4.74 Å². The fourth-order valence-electron chi connectivity index (χ4n) is 5.57. The van der Waals surface area contributed by atoms with Gasteiger partial charge in [-0.05, 0) is 69.1 Å². The Labute approximate surface area is 146 Å². The van der Waals surface area contributed by atoms with Gasteiger partial charge in [0.05, 0.1) is 12.0 Å². The summed E-state index contributed by atoms with van der Waals surface area (Å²) in [7, 11) is 0. The van der Waals surface area contributed by atoms with Gasteiger partial charge in [0.15, 0.2) is 0 Å². The lowest BCUT2D eigenvalue weighted by atomic mass is 9.66. The summed E-state index contributed by atoms with van der Waals surface area (Å²) in [5.41, 5.74) is 0. The standard InChI is InChI=1S/C21H34F2O/c1-3-5-15-7-11-17(12-8-15)19-20(24-21(19,22)23)18-13-9-16(6-4-2)10-14-18/h3,5,15-20H,4,6-14H2,1-2H3/b5-3+/t15-,16?,17-,18?,19-,20-/m0/s1. The minimum Gasteiger partial charge on any atom is -0.316 e. The van der Waals surface area contributed by atoms with Crippen LogP contribution < -0.4 is 0 Å². The first-order valence-corrected chi connectivity index (χ1v) is 10.2.